The number of hydrogen-bond acceptors (Lipinski definition) is 4. The van der Waals surface area contributed by atoms with Crippen LogP contribution in [0.2, 0.25) is 0 Å². The zero-order chi connectivity index (χ0) is 16.1. The van der Waals surface area contributed by atoms with Crippen molar-refractivity contribution in [2.45, 2.75) is 18.2 Å². The SMILES string of the molecule is CC(CCl)CS(=O)(=O)NCCc1ccc(S(N)(=O)=O)cc1. The largest absolute Gasteiger partial charge is 0.238 e. The molecule has 0 amide bonds. The van der Waals surface area contributed by atoms with Gasteiger partial charge in [0.15, 0.2) is 0 Å². The number of benzene rings is 1. The van der Waals surface area contributed by atoms with Gasteiger partial charge in [0.05, 0.1) is 10.6 Å². The standard InChI is InChI=1S/C12H19ClN2O4S2/c1-10(8-13)9-20(16,17)15-7-6-11-2-4-12(5-3-11)21(14,18)19/h2-5,10,15H,6-9H2,1H3,(H2,14,18,19). The van der Waals surface area contributed by atoms with E-state index in [1.54, 1.807) is 19.1 Å². The Morgan fingerprint density at radius 1 is 1.19 bits per heavy atom. The topological polar surface area (TPSA) is 106 Å². The first-order valence-corrected chi connectivity index (χ1v) is 10.0. The normalized spacial score (nSPS) is 14.0. The summed E-state index contributed by atoms with van der Waals surface area (Å²) in [5.41, 5.74) is 0.815. The fourth-order valence-electron chi connectivity index (χ4n) is 1.67. The Hall–Kier alpha value is -0.670. The number of rotatable bonds is 8. The summed E-state index contributed by atoms with van der Waals surface area (Å²) in [6, 6.07) is 6.01. The first-order valence-electron chi connectivity index (χ1n) is 6.29. The number of hydrogen-bond donors (Lipinski definition) is 2. The zero-order valence-corrected chi connectivity index (χ0v) is 14.0. The summed E-state index contributed by atoms with van der Waals surface area (Å²) in [6.45, 7) is 2.00. The molecule has 1 rings (SSSR count). The minimum absolute atomic E-state index is 0.0130. The van der Waals surface area contributed by atoms with Gasteiger partial charge in [0, 0.05) is 12.4 Å². The van der Waals surface area contributed by atoms with Gasteiger partial charge in [-0.15, -0.1) is 11.6 Å². The van der Waals surface area contributed by atoms with Crippen LogP contribution >= 0.6 is 11.6 Å². The molecule has 0 aliphatic heterocycles. The summed E-state index contributed by atoms with van der Waals surface area (Å²) in [5, 5.41) is 4.99. The Morgan fingerprint density at radius 3 is 2.24 bits per heavy atom. The van der Waals surface area contributed by atoms with E-state index in [-0.39, 0.29) is 29.0 Å². The molecule has 0 aliphatic rings. The van der Waals surface area contributed by atoms with E-state index in [0.717, 1.165) is 5.56 Å². The van der Waals surface area contributed by atoms with Crippen LogP contribution < -0.4 is 9.86 Å². The smallest absolute Gasteiger partial charge is 0.225 e. The Bertz CT molecular complexity index is 657. The van der Waals surface area contributed by atoms with Gasteiger partial charge in [-0.3, -0.25) is 0 Å². The molecule has 1 atom stereocenters. The molecule has 21 heavy (non-hydrogen) atoms. The molecule has 120 valence electrons. The summed E-state index contributed by atoms with van der Waals surface area (Å²) in [4.78, 5) is 0.0303. The summed E-state index contributed by atoms with van der Waals surface area (Å²) < 4.78 is 48.1. The highest BCUT2D eigenvalue weighted by atomic mass is 35.5. The lowest BCUT2D eigenvalue weighted by atomic mass is 10.2. The minimum Gasteiger partial charge on any atom is -0.225 e. The van der Waals surface area contributed by atoms with E-state index < -0.39 is 20.0 Å². The van der Waals surface area contributed by atoms with Gasteiger partial charge >= 0.3 is 0 Å². The van der Waals surface area contributed by atoms with E-state index in [1.165, 1.54) is 12.1 Å². The lowest BCUT2D eigenvalue weighted by Gasteiger charge is -2.10. The maximum Gasteiger partial charge on any atom is 0.238 e. The molecule has 0 saturated heterocycles. The lowest BCUT2D eigenvalue weighted by molar-refractivity contribution is 0.569. The second-order valence-corrected chi connectivity index (χ2v) is 8.60. The number of nitrogens with one attached hydrogen (secondary N) is 1. The second-order valence-electron chi connectivity index (χ2n) is 4.87. The van der Waals surface area contributed by atoms with Gasteiger partial charge in [-0.2, -0.15) is 0 Å². The van der Waals surface area contributed by atoms with Crippen LogP contribution in [0.25, 0.3) is 0 Å². The number of alkyl halides is 1. The average Bonchev–Trinajstić information content (AvgIpc) is 2.37. The van der Waals surface area contributed by atoms with Crippen LogP contribution in [0.4, 0.5) is 0 Å². The van der Waals surface area contributed by atoms with Gasteiger partial charge in [-0.25, -0.2) is 26.7 Å². The third-order valence-corrected chi connectivity index (χ3v) is 5.86. The predicted molar refractivity (Wildman–Crippen MR) is 83.2 cm³/mol. The molecule has 0 radical (unpaired) electrons. The Kier molecular flexibility index (Phi) is 6.61. The molecule has 0 heterocycles. The average molecular weight is 355 g/mol. The Morgan fingerprint density at radius 2 is 1.76 bits per heavy atom. The maximum atomic E-state index is 11.7. The van der Waals surface area contributed by atoms with E-state index in [0.29, 0.717) is 6.42 Å². The van der Waals surface area contributed by atoms with Crippen molar-refractivity contribution in [1.29, 1.82) is 0 Å². The van der Waals surface area contributed by atoms with Crippen molar-refractivity contribution in [2.75, 3.05) is 18.2 Å². The zero-order valence-electron chi connectivity index (χ0n) is 11.6. The maximum absolute atomic E-state index is 11.7. The van der Waals surface area contributed by atoms with Gasteiger partial charge in [-0.05, 0) is 30.0 Å². The van der Waals surface area contributed by atoms with E-state index in [4.69, 9.17) is 16.7 Å². The highest BCUT2D eigenvalue weighted by Crippen LogP contribution is 2.09. The number of nitrogens with two attached hydrogens (primary N) is 1. The van der Waals surface area contributed by atoms with Crippen molar-refractivity contribution >= 4 is 31.6 Å². The van der Waals surface area contributed by atoms with Crippen molar-refractivity contribution in [3.63, 3.8) is 0 Å². The van der Waals surface area contributed by atoms with Crippen LogP contribution in [-0.2, 0) is 26.5 Å². The molecule has 1 aromatic carbocycles. The Balaban J connectivity index is 2.53. The first-order chi connectivity index (χ1) is 9.64. The lowest BCUT2D eigenvalue weighted by Crippen LogP contribution is -2.31. The van der Waals surface area contributed by atoms with Crippen LogP contribution in [0.15, 0.2) is 29.2 Å². The van der Waals surface area contributed by atoms with E-state index in [9.17, 15) is 16.8 Å². The highest BCUT2D eigenvalue weighted by Gasteiger charge is 2.14. The fourth-order valence-corrected chi connectivity index (χ4v) is 3.83. The number of primary sulfonamides is 1. The molecule has 1 aromatic rings. The summed E-state index contributed by atoms with van der Waals surface area (Å²) in [7, 11) is -7.05. The van der Waals surface area contributed by atoms with Gasteiger partial charge in [0.1, 0.15) is 0 Å². The fraction of sp³-hybridized carbons (Fsp3) is 0.500. The quantitative estimate of drug-likeness (QED) is 0.669. The van der Waals surface area contributed by atoms with E-state index >= 15 is 0 Å². The summed E-state index contributed by atoms with van der Waals surface area (Å²) in [5.74, 6) is 0.162. The van der Waals surface area contributed by atoms with Gasteiger partial charge < -0.3 is 0 Å². The van der Waals surface area contributed by atoms with Crippen molar-refractivity contribution < 1.29 is 16.8 Å². The molecule has 3 N–H and O–H groups in total. The predicted octanol–water partition coefficient (Wildman–Crippen LogP) is 0.671. The van der Waals surface area contributed by atoms with Crippen molar-refractivity contribution in [2.24, 2.45) is 11.1 Å². The van der Waals surface area contributed by atoms with E-state index in [1.807, 2.05) is 0 Å². The third-order valence-electron chi connectivity index (χ3n) is 2.75. The minimum atomic E-state index is -3.70. The second kappa shape index (κ2) is 7.55. The molecule has 0 saturated carbocycles. The molecule has 0 bridgehead atoms. The molecule has 0 spiro atoms. The van der Waals surface area contributed by atoms with Crippen molar-refractivity contribution in [1.82, 2.24) is 4.72 Å². The molecule has 6 nitrogen and oxygen atoms in total. The monoisotopic (exact) mass is 354 g/mol. The third kappa shape index (κ3) is 6.75. The van der Waals surface area contributed by atoms with Crippen LogP contribution in [0.1, 0.15) is 12.5 Å². The Labute approximate surface area is 130 Å². The van der Waals surface area contributed by atoms with Crippen LogP contribution in [0.3, 0.4) is 0 Å². The summed E-state index contributed by atoms with van der Waals surface area (Å²) in [6.07, 6.45) is 0.458. The first kappa shape index (κ1) is 18.4. The molecule has 0 aliphatic carbocycles. The van der Waals surface area contributed by atoms with Gasteiger partial charge in [-0.1, -0.05) is 19.1 Å². The molecule has 0 aromatic heterocycles. The molecule has 9 heteroatoms. The molecular weight excluding hydrogens is 336 g/mol. The van der Waals surface area contributed by atoms with Crippen molar-refractivity contribution in [3.8, 4) is 0 Å². The van der Waals surface area contributed by atoms with Crippen molar-refractivity contribution in [3.05, 3.63) is 29.8 Å². The van der Waals surface area contributed by atoms with Crippen LogP contribution in [0, 0.1) is 5.92 Å². The number of halogens is 1. The van der Waals surface area contributed by atoms with Crippen LogP contribution in [-0.4, -0.2) is 35.0 Å². The molecular formula is C12H19ClN2O4S2. The van der Waals surface area contributed by atoms with E-state index in [2.05, 4.69) is 4.72 Å². The highest BCUT2D eigenvalue weighted by molar-refractivity contribution is 7.89. The van der Waals surface area contributed by atoms with Gasteiger partial charge in [0.25, 0.3) is 0 Å². The summed E-state index contributed by atoms with van der Waals surface area (Å²) >= 11 is 5.59. The molecule has 1 unspecified atom stereocenters. The van der Waals surface area contributed by atoms with Gasteiger partial charge in [0.2, 0.25) is 20.0 Å². The molecule has 0 fully saturated rings. The van der Waals surface area contributed by atoms with Crippen LogP contribution in [0.5, 0.6) is 0 Å². The number of sulfonamides is 2.